The number of benzene rings is 1. The van der Waals surface area contributed by atoms with Crippen molar-refractivity contribution in [2.45, 2.75) is 13.3 Å². The molecule has 1 rings (SSSR count). The SMILES string of the molecule is C=CCc1cccc(C)c1OCCNC.O=C(O)C(=O)O. The average molecular weight is 295 g/mol. The number of carboxylic acids is 2. The van der Waals surface area contributed by atoms with Crippen LogP contribution in [-0.2, 0) is 16.0 Å². The van der Waals surface area contributed by atoms with E-state index in [4.69, 9.17) is 24.5 Å². The molecule has 0 bridgehead atoms. The lowest BCUT2D eigenvalue weighted by atomic mass is 10.1. The Morgan fingerprint density at radius 2 is 1.95 bits per heavy atom. The number of para-hydroxylation sites is 1. The molecule has 0 aliphatic rings. The van der Waals surface area contributed by atoms with E-state index in [0.717, 1.165) is 18.7 Å². The molecule has 0 radical (unpaired) electrons. The first kappa shape index (κ1) is 18.7. The maximum atomic E-state index is 9.10. The minimum Gasteiger partial charge on any atom is -0.492 e. The summed E-state index contributed by atoms with van der Waals surface area (Å²) in [6.07, 6.45) is 2.76. The Balaban J connectivity index is 0.000000567. The molecule has 1 aromatic carbocycles. The highest BCUT2D eigenvalue weighted by Gasteiger charge is 2.05. The van der Waals surface area contributed by atoms with Gasteiger partial charge < -0.3 is 20.3 Å². The van der Waals surface area contributed by atoms with E-state index in [-0.39, 0.29) is 0 Å². The van der Waals surface area contributed by atoms with E-state index in [1.165, 1.54) is 11.1 Å². The number of carboxylic acid groups (broad SMARTS) is 2. The molecule has 0 aromatic heterocycles. The third kappa shape index (κ3) is 7.74. The van der Waals surface area contributed by atoms with Gasteiger partial charge in [0.05, 0.1) is 0 Å². The molecule has 0 aliphatic carbocycles. The van der Waals surface area contributed by atoms with Gasteiger partial charge in [0.2, 0.25) is 0 Å². The van der Waals surface area contributed by atoms with Crippen LogP contribution in [0.5, 0.6) is 5.75 Å². The third-order valence-electron chi connectivity index (χ3n) is 2.44. The van der Waals surface area contributed by atoms with Gasteiger partial charge in [-0.15, -0.1) is 6.58 Å². The predicted octanol–water partition coefficient (Wildman–Crippen LogP) is 1.48. The number of ether oxygens (including phenoxy) is 1. The van der Waals surface area contributed by atoms with Crippen LogP contribution in [0.1, 0.15) is 11.1 Å². The first-order valence-corrected chi connectivity index (χ1v) is 6.37. The number of allylic oxidation sites excluding steroid dienone is 1. The summed E-state index contributed by atoms with van der Waals surface area (Å²) >= 11 is 0. The quantitative estimate of drug-likeness (QED) is 0.418. The van der Waals surface area contributed by atoms with Crippen LogP contribution < -0.4 is 10.1 Å². The van der Waals surface area contributed by atoms with Gasteiger partial charge in [0.15, 0.2) is 0 Å². The van der Waals surface area contributed by atoms with Crippen molar-refractivity contribution in [2.24, 2.45) is 0 Å². The van der Waals surface area contributed by atoms with Crippen LogP contribution >= 0.6 is 0 Å². The molecule has 6 heteroatoms. The van der Waals surface area contributed by atoms with Crippen molar-refractivity contribution < 1.29 is 24.5 Å². The van der Waals surface area contributed by atoms with E-state index in [0.29, 0.717) is 6.61 Å². The fraction of sp³-hybridized carbons (Fsp3) is 0.333. The second kappa shape index (κ2) is 10.4. The zero-order valence-corrected chi connectivity index (χ0v) is 12.3. The minimum atomic E-state index is -1.82. The first-order chi connectivity index (χ1) is 9.93. The number of hydrogen-bond donors (Lipinski definition) is 3. The van der Waals surface area contributed by atoms with Crippen molar-refractivity contribution in [2.75, 3.05) is 20.2 Å². The normalized spacial score (nSPS) is 9.24. The molecule has 0 aliphatic heterocycles. The van der Waals surface area contributed by atoms with E-state index in [1.54, 1.807) is 0 Å². The molecule has 0 heterocycles. The zero-order chi connectivity index (χ0) is 16.3. The van der Waals surface area contributed by atoms with Crippen molar-refractivity contribution >= 4 is 11.9 Å². The Bertz CT molecular complexity index is 473. The Morgan fingerprint density at radius 3 is 2.43 bits per heavy atom. The van der Waals surface area contributed by atoms with Gasteiger partial charge in [0, 0.05) is 6.54 Å². The van der Waals surface area contributed by atoms with Crippen molar-refractivity contribution in [3.05, 3.63) is 42.0 Å². The summed E-state index contributed by atoms with van der Waals surface area (Å²) < 4.78 is 5.75. The molecule has 0 amide bonds. The smallest absolute Gasteiger partial charge is 0.414 e. The van der Waals surface area contributed by atoms with Crippen LogP contribution in [0.15, 0.2) is 30.9 Å². The van der Waals surface area contributed by atoms with E-state index < -0.39 is 11.9 Å². The van der Waals surface area contributed by atoms with E-state index in [9.17, 15) is 0 Å². The van der Waals surface area contributed by atoms with Crippen LogP contribution in [-0.4, -0.2) is 42.4 Å². The van der Waals surface area contributed by atoms with Gasteiger partial charge in [-0.2, -0.15) is 0 Å². The monoisotopic (exact) mass is 295 g/mol. The number of rotatable bonds is 6. The number of nitrogens with one attached hydrogen (secondary N) is 1. The number of hydrogen-bond acceptors (Lipinski definition) is 4. The molecule has 21 heavy (non-hydrogen) atoms. The summed E-state index contributed by atoms with van der Waals surface area (Å²) in [5.74, 6) is -2.64. The number of aryl methyl sites for hydroxylation is 1. The van der Waals surface area contributed by atoms with E-state index in [2.05, 4.69) is 37.0 Å². The van der Waals surface area contributed by atoms with Gasteiger partial charge in [-0.25, -0.2) is 9.59 Å². The van der Waals surface area contributed by atoms with Crippen molar-refractivity contribution in [1.82, 2.24) is 5.32 Å². The maximum absolute atomic E-state index is 9.10. The van der Waals surface area contributed by atoms with Crippen LogP contribution in [0.3, 0.4) is 0 Å². The van der Waals surface area contributed by atoms with Gasteiger partial charge in [0.25, 0.3) is 0 Å². The summed E-state index contributed by atoms with van der Waals surface area (Å²) in [5, 5.41) is 17.8. The maximum Gasteiger partial charge on any atom is 0.414 e. The molecular formula is C15H21NO5. The van der Waals surface area contributed by atoms with E-state index >= 15 is 0 Å². The molecule has 0 fully saturated rings. The fourth-order valence-electron chi connectivity index (χ4n) is 1.49. The van der Waals surface area contributed by atoms with Crippen molar-refractivity contribution in [1.29, 1.82) is 0 Å². The Labute approximate surface area is 124 Å². The minimum absolute atomic E-state index is 0.700. The molecule has 0 spiro atoms. The summed E-state index contributed by atoms with van der Waals surface area (Å²) in [6.45, 7) is 7.39. The second-order valence-corrected chi connectivity index (χ2v) is 4.12. The van der Waals surface area contributed by atoms with Gasteiger partial charge in [0.1, 0.15) is 12.4 Å². The van der Waals surface area contributed by atoms with Crippen LogP contribution in [0.4, 0.5) is 0 Å². The largest absolute Gasteiger partial charge is 0.492 e. The highest BCUT2D eigenvalue weighted by atomic mass is 16.5. The zero-order valence-electron chi connectivity index (χ0n) is 12.3. The number of aliphatic carboxylic acids is 2. The molecule has 0 saturated heterocycles. The highest BCUT2D eigenvalue weighted by molar-refractivity contribution is 6.27. The number of likely N-dealkylation sites (N-methyl/N-ethyl adjacent to an activating group) is 1. The summed E-state index contributed by atoms with van der Waals surface area (Å²) in [6, 6.07) is 6.21. The molecule has 3 N–H and O–H groups in total. The summed E-state index contributed by atoms with van der Waals surface area (Å²) in [4.78, 5) is 18.2. The fourth-order valence-corrected chi connectivity index (χ4v) is 1.49. The molecule has 6 nitrogen and oxygen atoms in total. The Hall–Kier alpha value is -2.34. The lowest BCUT2D eigenvalue weighted by molar-refractivity contribution is -0.159. The summed E-state index contributed by atoms with van der Waals surface area (Å²) in [7, 11) is 1.92. The second-order valence-electron chi connectivity index (χ2n) is 4.12. The van der Waals surface area contributed by atoms with E-state index in [1.807, 2.05) is 13.1 Å². The van der Waals surface area contributed by atoms with Crippen LogP contribution in [0, 0.1) is 6.92 Å². The average Bonchev–Trinajstić information content (AvgIpc) is 2.43. The van der Waals surface area contributed by atoms with Gasteiger partial charge in [-0.3, -0.25) is 0 Å². The number of carbonyl (C=O) groups is 2. The molecular weight excluding hydrogens is 274 g/mol. The van der Waals surface area contributed by atoms with Crippen molar-refractivity contribution in [3.63, 3.8) is 0 Å². The van der Waals surface area contributed by atoms with Crippen LogP contribution in [0.25, 0.3) is 0 Å². The van der Waals surface area contributed by atoms with Crippen molar-refractivity contribution in [3.8, 4) is 5.75 Å². The molecule has 1 aromatic rings. The first-order valence-electron chi connectivity index (χ1n) is 6.37. The topological polar surface area (TPSA) is 95.9 Å². The highest BCUT2D eigenvalue weighted by Crippen LogP contribution is 2.23. The summed E-state index contributed by atoms with van der Waals surface area (Å²) in [5.41, 5.74) is 2.39. The van der Waals surface area contributed by atoms with Crippen LogP contribution in [0.2, 0.25) is 0 Å². The molecule has 0 unspecified atom stereocenters. The van der Waals surface area contributed by atoms with Gasteiger partial charge >= 0.3 is 11.9 Å². The molecule has 116 valence electrons. The third-order valence-corrected chi connectivity index (χ3v) is 2.44. The van der Waals surface area contributed by atoms with Gasteiger partial charge in [-0.05, 0) is 31.5 Å². The van der Waals surface area contributed by atoms with Gasteiger partial charge in [-0.1, -0.05) is 24.3 Å². The lowest BCUT2D eigenvalue weighted by Gasteiger charge is -2.12. The Kier molecular flexibility index (Phi) is 9.28. The molecule has 0 atom stereocenters. The Morgan fingerprint density at radius 1 is 1.33 bits per heavy atom. The predicted molar refractivity (Wildman–Crippen MR) is 79.8 cm³/mol. The lowest BCUT2D eigenvalue weighted by Crippen LogP contribution is -2.16. The standard InChI is InChI=1S/C13H19NO.C2H2O4/c1-4-6-12-8-5-7-11(2)13(12)15-10-9-14-3;3-1(4)2(5)6/h4-5,7-8,14H,1,6,9-10H2,2-3H3;(H,3,4)(H,5,6). The molecule has 0 saturated carbocycles.